The summed E-state index contributed by atoms with van der Waals surface area (Å²) in [5.74, 6) is 0.180. The van der Waals surface area contributed by atoms with Crippen LogP contribution in [-0.4, -0.2) is 62.7 Å². The maximum absolute atomic E-state index is 10.8. The van der Waals surface area contributed by atoms with Gasteiger partial charge >= 0.3 is 0 Å². The van der Waals surface area contributed by atoms with Gasteiger partial charge in [0.15, 0.2) is 11.1 Å². The Bertz CT molecular complexity index is 548. The highest BCUT2D eigenvalue weighted by molar-refractivity contribution is 7.89. The minimum Gasteiger partial charge on any atom is -0.370 e. The number of thiazole rings is 1. The highest BCUT2D eigenvalue weighted by Crippen LogP contribution is 2.18. The van der Waals surface area contributed by atoms with Gasteiger partial charge in [-0.15, -0.1) is 11.3 Å². The number of piperazine rings is 1. The lowest BCUT2D eigenvalue weighted by Gasteiger charge is -2.35. The zero-order valence-electron chi connectivity index (χ0n) is 11.0. The molecule has 2 heterocycles. The Labute approximate surface area is 122 Å². The topological polar surface area (TPSA) is 118 Å². The maximum Gasteiger partial charge on any atom is 0.210 e. The van der Waals surface area contributed by atoms with Gasteiger partial charge in [0, 0.05) is 37.8 Å². The summed E-state index contributed by atoms with van der Waals surface area (Å²) in [6, 6.07) is 0. The van der Waals surface area contributed by atoms with E-state index in [1.54, 1.807) is 17.5 Å². The van der Waals surface area contributed by atoms with Crippen LogP contribution < -0.4 is 15.8 Å². The SMILES string of the molecule is NC(=NCCS(N)(=O)=O)N1CCN(c2nccs2)CC1. The number of guanidine groups is 1. The van der Waals surface area contributed by atoms with Crippen molar-refractivity contribution < 1.29 is 8.42 Å². The van der Waals surface area contributed by atoms with Crippen LogP contribution in [0.5, 0.6) is 0 Å². The van der Waals surface area contributed by atoms with Gasteiger partial charge in [0.25, 0.3) is 0 Å². The molecule has 0 aliphatic carbocycles. The van der Waals surface area contributed by atoms with Crippen LogP contribution in [0.2, 0.25) is 0 Å². The van der Waals surface area contributed by atoms with Crippen molar-refractivity contribution in [2.75, 3.05) is 43.4 Å². The number of hydrogen-bond acceptors (Lipinski definition) is 6. The third kappa shape index (κ3) is 4.32. The molecule has 4 N–H and O–H groups in total. The molecule has 0 unspecified atom stereocenters. The van der Waals surface area contributed by atoms with E-state index in [0.29, 0.717) is 5.96 Å². The van der Waals surface area contributed by atoms with Crippen molar-refractivity contribution in [1.29, 1.82) is 0 Å². The van der Waals surface area contributed by atoms with E-state index < -0.39 is 10.0 Å². The van der Waals surface area contributed by atoms with Crippen molar-refractivity contribution in [3.8, 4) is 0 Å². The van der Waals surface area contributed by atoms with Crippen LogP contribution >= 0.6 is 11.3 Å². The number of rotatable bonds is 4. The predicted molar refractivity (Wildman–Crippen MR) is 80.4 cm³/mol. The van der Waals surface area contributed by atoms with Gasteiger partial charge < -0.3 is 15.5 Å². The largest absolute Gasteiger partial charge is 0.370 e. The summed E-state index contributed by atoms with van der Waals surface area (Å²) in [5.41, 5.74) is 5.85. The first-order valence-electron chi connectivity index (χ1n) is 6.15. The minimum absolute atomic E-state index is 0.0946. The van der Waals surface area contributed by atoms with Gasteiger partial charge in [0.2, 0.25) is 10.0 Å². The van der Waals surface area contributed by atoms with Crippen molar-refractivity contribution in [1.82, 2.24) is 9.88 Å². The minimum atomic E-state index is -3.49. The number of primary sulfonamides is 1. The average molecular weight is 318 g/mol. The second-order valence-electron chi connectivity index (χ2n) is 4.40. The third-order valence-corrected chi connectivity index (χ3v) is 4.53. The average Bonchev–Trinajstić information content (AvgIpc) is 2.91. The zero-order valence-corrected chi connectivity index (χ0v) is 12.6. The lowest BCUT2D eigenvalue weighted by molar-refractivity contribution is 0.381. The van der Waals surface area contributed by atoms with Gasteiger partial charge in [0.05, 0.1) is 12.3 Å². The molecule has 0 aromatic carbocycles. The van der Waals surface area contributed by atoms with E-state index in [1.807, 2.05) is 10.3 Å². The monoisotopic (exact) mass is 318 g/mol. The Morgan fingerprint density at radius 3 is 2.65 bits per heavy atom. The molecule has 0 bridgehead atoms. The normalized spacial score (nSPS) is 17.6. The van der Waals surface area contributed by atoms with Gasteiger partial charge in [-0.05, 0) is 0 Å². The molecular weight excluding hydrogens is 300 g/mol. The van der Waals surface area contributed by atoms with Crippen LogP contribution in [0.4, 0.5) is 5.13 Å². The molecule has 0 atom stereocenters. The van der Waals surface area contributed by atoms with Crippen molar-refractivity contribution in [2.45, 2.75) is 0 Å². The molecule has 0 amide bonds. The zero-order chi connectivity index (χ0) is 14.6. The summed E-state index contributed by atoms with van der Waals surface area (Å²) in [5, 5.41) is 7.87. The molecule has 1 aromatic rings. The first-order chi connectivity index (χ1) is 9.46. The predicted octanol–water partition coefficient (Wildman–Crippen LogP) is -1.13. The number of aromatic nitrogens is 1. The molecule has 112 valence electrons. The van der Waals surface area contributed by atoms with Crippen molar-refractivity contribution >= 4 is 32.5 Å². The van der Waals surface area contributed by atoms with Crippen LogP contribution in [0.15, 0.2) is 16.6 Å². The summed E-state index contributed by atoms with van der Waals surface area (Å²) >= 11 is 1.61. The fourth-order valence-corrected chi connectivity index (χ4v) is 2.93. The smallest absolute Gasteiger partial charge is 0.210 e. The van der Waals surface area contributed by atoms with Crippen LogP contribution in [0.1, 0.15) is 0 Å². The first-order valence-corrected chi connectivity index (χ1v) is 8.75. The second-order valence-corrected chi connectivity index (χ2v) is 7.00. The summed E-state index contributed by atoms with van der Waals surface area (Å²) in [4.78, 5) is 12.5. The number of sulfonamides is 1. The Balaban J connectivity index is 1.82. The second kappa shape index (κ2) is 6.37. The Hall–Kier alpha value is -1.39. The number of aliphatic imine (C=N–C) groups is 1. The molecule has 1 aliphatic heterocycles. The van der Waals surface area contributed by atoms with E-state index in [0.717, 1.165) is 31.3 Å². The standard InChI is InChI=1S/C10H18N6O2S2/c11-9(13-2-8-20(12,17)18)15-3-5-16(6-4-15)10-14-1-7-19-10/h1,7H,2-6,8H2,(H2,11,13)(H2,12,17,18). The molecule has 0 saturated carbocycles. The van der Waals surface area contributed by atoms with E-state index in [2.05, 4.69) is 14.9 Å². The van der Waals surface area contributed by atoms with E-state index in [1.165, 1.54) is 0 Å². The van der Waals surface area contributed by atoms with Gasteiger partial charge in [-0.3, -0.25) is 4.99 Å². The lowest BCUT2D eigenvalue weighted by atomic mass is 10.3. The van der Waals surface area contributed by atoms with E-state index >= 15 is 0 Å². The number of nitrogens with two attached hydrogens (primary N) is 2. The maximum atomic E-state index is 10.8. The molecule has 1 aromatic heterocycles. The van der Waals surface area contributed by atoms with Crippen LogP contribution in [0, 0.1) is 0 Å². The number of hydrogen-bond donors (Lipinski definition) is 2. The molecule has 0 spiro atoms. The summed E-state index contributed by atoms with van der Waals surface area (Å²) in [7, 11) is -3.49. The Morgan fingerprint density at radius 2 is 2.10 bits per heavy atom. The van der Waals surface area contributed by atoms with Crippen LogP contribution in [0.25, 0.3) is 0 Å². The Morgan fingerprint density at radius 1 is 1.40 bits per heavy atom. The molecule has 1 aliphatic rings. The lowest BCUT2D eigenvalue weighted by Crippen LogP contribution is -2.51. The van der Waals surface area contributed by atoms with Gasteiger partial charge in [-0.25, -0.2) is 18.5 Å². The van der Waals surface area contributed by atoms with Crippen molar-refractivity contribution in [3.63, 3.8) is 0 Å². The van der Waals surface area contributed by atoms with Crippen LogP contribution in [0.3, 0.4) is 0 Å². The molecule has 1 fully saturated rings. The molecule has 20 heavy (non-hydrogen) atoms. The van der Waals surface area contributed by atoms with E-state index in [9.17, 15) is 8.42 Å². The fourth-order valence-electron chi connectivity index (χ4n) is 1.89. The van der Waals surface area contributed by atoms with Crippen LogP contribution in [-0.2, 0) is 10.0 Å². The quantitative estimate of drug-likeness (QED) is 0.536. The highest BCUT2D eigenvalue weighted by Gasteiger charge is 2.19. The summed E-state index contributed by atoms with van der Waals surface area (Å²) in [6.07, 6.45) is 1.79. The van der Waals surface area contributed by atoms with Crippen molar-refractivity contribution in [3.05, 3.63) is 11.6 Å². The van der Waals surface area contributed by atoms with E-state index in [4.69, 9.17) is 10.9 Å². The molecule has 8 nitrogen and oxygen atoms in total. The first kappa shape index (κ1) is 15.0. The van der Waals surface area contributed by atoms with Gasteiger partial charge in [-0.2, -0.15) is 0 Å². The molecular formula is C10H18N6O2S2. The molecule has 0 radical (unpaired) electrons. The molecule has 2 rings (SSSR count). The molecule has 10 heteroatoms. The fraction of sp³-hybridized carbons (Fsp3) is 0.600. The molecule has 1 saturated heterocycles. The Kier molecular flexibility index (Phi) is 4.78. The van der Waals surface area contributed by atoms with Gasteiger partial charge in [0.1, 0.15) is 0 Å². The number of anilines is 1. The number of nitrogens with zero attached hydrogens (tertiary/aromatic N) is 4. The summed E-state index contributed by atoms with van der Waals surface area (Å²) < 4.78 is 21.6. The third-order valence-electron chi connectivity index (χ3n) is 2.94. The van der Waals surface area contributed by atoms with Gasteiger partial charge in [-0.1, -0.05) is 0 Å². The van der Waals surface area contributed by atoms with E-state index in [-0.39, 0.29) is 12.3 Å². The summed E-state index contributed by atoms with van der Waals surface area (Å²) in [6.45, 7) is 3.21. The highest BCUT2D eigenvalue weighted by atomic mass is 32.2. The van der Waals surface area contributed by atoms with Crippen molar-refractivity contribution in [2.24, 2.45) is 15.9 Å².